The van der Waals surface area contributed by atoms with E-state index in [1.165, 1.54) is 19.3 Å². The summed E-state index contributed by atoms with van der Waals surface area (Å²) in [6, 6.07) is 0.553. The van der Waals surface area contributed by atoms with Crippen LogP contribution in [0.1, 0.15) is 25.7 Å². The first kappa shape index (κ1) is 14.6. The van der Waals surface area contributed by atoms with Crippen LogP contribution in [0.15, 0.2) is 4.63 Å². The first-order valence-corrected chi connectivity index (χ1v) is 8.39. The van der Waals surface area contributed by atoms with Crippen LogP contribution in [0.5, 0.6) is 0 Å². The quantitative estimate of drug-likeness (QED) is 0.834. The molecule has 2 aliphatic rings. The third-order valence-corrected chi connectivity index (χ3v) is 4.93. The Kier molecular flexibility index (Phi) is 3.76. The molecule has 4 heterocycles. The minimum atomic E-state index is 0.495. The molecule has 0 aliphatic carbocycles. The molecule has 0 spiro atoms. The van der Waals surface area contributed by atoms with Crippen molar-refractivity contribution in [2.24, 2.45) is 0 Å². The molecule has 0 bridgehead atoms. The van der Waals surface area contributed by atoms with Crippen molar-refractivity contribution in [3.63, 3.8) is 0 Å². The maximum atomic E-state index is 4.81. The lowest BCUT2D eigenvalue weighted by atomic mass is 10.1. The number of likely N-dealkylation sites (N-methyl/N-ethyl adjacent to an activating group) is 1. The number of fused-ring (bicyclic) bond motifs is 1. The molecule has 124 valence electrons. The van der Waals surface area contributed by atoms with Crippen LogP contribution < -0.4 is 9.80 Å². The highest BCUT2D eigenvalue weighted by Gasteiger charge is 2.30. The predicted octanol–water partition coefficient (Wildman–Crippen LogP) is 1.14. The summed E-state index contributed by atoms with van der Waals surface area (Å²) in [6.07, 6.45) is 4.84. The first-order valence-electron chi connectivity index (χ1n) is 8.39. The summed E-state index contributed by atoms with van der Waals surface area (Å²) < 4.78 is 4.81. The number of hydrogen-bond acceptors (Lipinski definition) is 8. The Morgan fingerprint density at radius 3 is 2.17 bits per heavy atom. The smallest absolute Gasteiger partial charge is 0.245 e. The summed E-state index contributed by atoms with van der Waals surface area (Å²) in [5.41, 5.74) is 0.992. The molecule has 0 aromatic carbocycles. The van der Waals surface area contributed by atoms with Gasteiger partial charge in [0.15, 0.2) is 11.6 Å². The average molecular weight is 317 g/mol. The monoisotopic (exact) mass is 317 g/mol. The number of hydrogen-bond donors (Lipinski definition) is 0. The third kappa shape index (κ3) is 2.71. The molecule has 8 nitrogen and oxygen atoms in total. The molecule has 2 aliphatic heterocycles. The van der Waals surface area contributed by atoms with E-state index >= 15 is 0 Å². The molecule has 2 aromatic rings. The Bertz CT molecular complexity index is 680. The molecule has 0 N–H and O–H groups in total. The van der Waals surface area contributed by atoms with Gasteiger partial charge in [0.1, 0.15) is 0 Å². The lowest BCUT2D eigenvalue weighted by molar-refractivity contribution is 0.314. The van der Waals surface area contributed by atoms with Crippen molar-refractivity contribution in [1.29, 1.82) is 0 Å². The van der Waals surface area contributed by atoms with Crippen LogP contribution in [-0.2, 0) is 0 Å². The summed E-state index contributed by atoms with van der Waals surface area (Å²) in [5, 5.41) is 7.75. The van der Waals surface area contributed by atoms with Gasteiger partial charge in [-0.2, -0.15) is 0 Å². The van der Waals surface area contributed by atoms with Gasteiger partial charge in [-0.25, -0.2) is 14.6 Å². The number of aromatic nitrogens is 4. The highest BCUT2D eigenvalue weighted by molar-refractivity contribution is 5.75. The van der Waals surface area contributed by atoms with E-state index < -0.39 is 0 Å². The fourth-order valence-corrected chi connectivity index (χ4v) is 3.51. The van der Waals surface area contributed by atoms with Crippen LogP contribution in [0.2, 0.25) is 0 Å². The highest BCUT2D eigenvalue weighted by atomic mass is 16.6. The summed E-state index contributed by atoms with van der Waals surface area (Å²) in [5.74, 6) is 1.87. The van der Waals surface area contributed by atoms with Gasteiger partial charge in [0.05, 0.1) is 0 Å². The largest absolute Gasteiger partial charge is 0.353 e. The van der Waals surface area contributed by atoms with Gasteiger partial charge in [-0.3, -0.25) is 0 Å². The van der Waals surface area contributed by atoms with E-state index in [1.54, 1.807) is 0 Å². The van der Waals surface area contributed by atoms with E-state index in [1.807, 2.05) is 0 Å². The van der Waals surface area contributed by atoms with Gasteiger partial charge in [0.25, 0.3) is 0 Å². The zero-order chi connectivity index (χ0) is 15.8. The van der Waals surface area contributed by atoms with E-state index in [9.17, 15) is 0 Å². The molecule has 2 fully saturated rings. The third-order valence-electron chi connectivity index (χ3n) is 4.93. The fourth-order valence-electron chi connectivity index (χ4n) is 3.51. The van der Waals surface area contributed by atoms with Gasteiger partial charge in [0.2, 0.25) is 11.3 Å². The molecule has 0 amide bonds. The lowest BCUT2D eigenvalue weighted by Crippen LogP contribution is -2.35. The van der Waals surface area contributed by atoms with Crippen LogP contribution >= 0.6 is 0 Å². The van der Waals surface area contributed by atoms with Crippen molar-refractivity contribution in [1.82, 2.24) is 25.2 Å². The van der Waals surface area contributed by atoms with Gasteiger partial charge < -0.3 is 14.7 Å². The molecular weight excluding hydrogens is 294 g/mol. The molecule has 0 radical (unpaired) electrons. The average Bonchev–Trinajstić information content (AvgIpc) is 3.23. The molecule has 4 rings (SSSR count). The van der Waals surface area contributed by atoms with Crippen molar-refractivity contribution in [2.75, 3.05) is 50.1 Å². The normalized spacial score (nSPS) is 22.5. The Labute approximate surface area is 135 Å². The van der Waals surface area contributed by atoms with Crippen molar-refractivity contribution in [2.45, 2.75) is 31.7 Å². The number of rotatable bonds is 3. The summed E-state index contributed by atoms with van der Waals surface area (Å²) in [7, 11) is 4.27. The van der Waals surface area contributed by atoms with Crippen molar-refractivity contribution < 1.29 is 4.63 Å². The topological polar surface area (TPSA) is 74.4 Å². The molecule has 1 atom stereocenters. The molecule has 23 heavy (non-hydrogen) atoms. The summed E-state index contributed by atoms with van der Waals surface area (Å²) in [6.45, 7) is 4.03. The van der Waals surface area contributed by atoms with E-state index in [0.29, 0.717) is 17.3 Å². The second kappa shape index (κ2) is 5.92. The zero-order valence-corrected chi connectivity index (χ0v) is 13.8. The van der Waals surface area contributed by atoms with Crippen molar-refractivity contribution in [3.8, 4) is 0 Å². The van der Waals surface area contributed by atoms with Crippen LogP contribution in [-0.4, -0.2) is 71.5 Å². The minimum absolute atomic E-state index is 0.495. The minimum Gasteiger partial charge on any atom is -0.353 e. The van der Waals surface area contributed by atoms with Crippen molar-refractivity contribution >= 4 is 22.9 Å². The van der Waals surface area contributed by atoms with Crippen LogP contribution in [0.25, 0.3) is 11.3 Å². The molecule has 8 heteroatoms. The number of anilines is 2. The Morgan fingerprint density at radius 2 is 1.57 bits per heavy atom. The van der Waals surface area contributed by atoms with Gasteiger partial charge in [-0.1, -0.05) is 0 Å². The second-order valence-electron chi connectivity index (χ2n) is 6.68. The number of nitrogens with zero attached hydrogens (tertiary/aromatic N) is 7. The first-order chi connectivity index (χ1) is 11.2. The molecular formula is C15H23N7O. The number of piperidine rings is 1. The maximum Gasteiger partial charge on any atom is 0.245 e. The SMILES string of the molecule is CN(C)C1CCN(c2nc3nonc3nc2N2CCCCC2)C1. The van der Waals surface area contributed by atoms with Crippen LogP contribution in [0.4, 0.5) is 11.6 Å². The molecule has 1 unspecified atom stereocenters. The lowest BCUT2D eigenvalue weighted by Gasteiger charge is -2.31. The van der Waals surface area contributed by atoms with Gasteiger partial charge in [-0.05, 0) is 50.1 Å². The van der Waals surface area contributed by atoms with Crippen molar-refractivity contribution in [3.05, 3.63) is 0 Å². The van der Waals surface area contributed by atoms with Gasteiger partial charge >= 0.3 is 0 Å². The van der Waals surface area contributed by atoms with E-state index in [4.69, 9.17) is 14.6 Å². The molecule has 2 aromatic heterocycles. The maximum absolute atomic E-state index is 4.81. The molecule has 0 saturated carbocycles. The second-order valence-corrected chi connectivity index (χ2v) is 6.68. The Morgan fingerprint density at radius 1 is 0.913 bits per heavy atom. The highest BCUT2D eigenvalue weighted by Crippen LogP contribution is 2.32. The van der Waals surface area contributed by atoms with Gasteiger partial charge in [0, 0.05) is 32.2 Å². The molecule has 2 saturated heterocycles. The van der Waals surface area contributed by atoms with Gasteiger partial charge in [-0.15, -0.1) is 0 Å². The fraction of sp³-hybridized carbons (Fsp3) is 0.733. The van der Waals surface area contributed by atoms with E-state index in [2.05, 4.69) is 39.1 Å². The Balaban J connectivity index is 1.71. The van der Waals surface area contributed by atoms with E-state index in [-0.39, 0.29) is 0 Å². The summed E-state index contributed by atoms with van der Waals surface area (Å²) in [4.78, 5) is 16.4. The van der Waals surface area contributed by atoms with Crippen LogP contribution in [0.3, 0.4) is 0 Å². The Hall–Kier alpha value is -1.96. The van der Waals surface area contributed by atoms with E-state index in [0.717, 1.165) is 44.2 Å². The van der Waals surface area contributed by atoms with Crippen LogP contribution in [0, 0.1) is 0 Å². The zero-order valence-electron chi connectivity index (χ0n) is 13.8. The predicted molar refractivity (Wildman–Crippen MR) is 87.8 cm³/mol. The standard InChI is InChI=1S/C15H23N7O/c1-20(2)11-6-9-22(10-11)15-14(21-7-4-3-5-8-21)16-12-13(17-15)19-23-18-12/h11H,3-10H2,1-2H3. The summed E-state index contributed by atoms with van der Waals surface area (Å²) >= 11 is 0.